The number of para-hydroxylation sites is 1. The van der Waals surface area contributed by atoms with Crippen LogP contribution in [0.3, 0.4) is 0 Å². The summed E-state index contributed by atoms with van der Waals surface area (Å²) >= 11 is 1.39. The number of hydrogen-bond acceptors (Lipinski definition) is 4. The molecule has 0 fully saturated rings. The van der Waals surface area contributed by atoms with E-state index >= 15 is 0 Å². The zero-order chi connectivity index (χ0) is 19.4. The van der Waals surface area contributed by atoms with E-state index < -0.39 is 0 Å². The van der Waals surface area contributed by atoms with Crippen LogP contribution in [-0.2, 0) is 11.8 Å². The van der Waals surface area contributed by atoms with E-state index in [9.17, 15) is 4.79 Å². The number of amides is 1. The summed E-state index contributed by atoms with van der Waals surface area (Å²) in [6.07, 6.45) is 0. The summed E-state index contributed by atoms with van der Waals surface area (Å²) in [7, 11) is 1.92. The van der Waals surface area contributed by atoms with Gasteiger partial charge >= 0.3 is 0 Å². The third kappa shape index (κ3) is 4.57. The first kappa shape index (κ1) is 19.2. The molecule has 0 radical (unpaired) electrons. The van der Waals surface area contributed by atoms with Gasteiger partial charge in [0.05, 0.1) is 5.75 Å². The quantitative estimate of drug-likeness (QED) is 0.633. The van der Waals surface area contributed by atoms with Crippen LogP contribution in [0.5, 0.6) is 0 Å². The van der Waals surface area contributed by atoms with Crippen LogP contribution < -0.4 is 5.32 Å². The average Bonchev–Trinajstić information content (AvgIpc) is 3.01. The van der Waals surface area contributed by atoms with Gasteiger partial charge in [-0.05, 0) is 30.5 Å². The van der Waals surface area contributed by atoms with Gasteiger partial charge in [-0.2, -0.15) is 0 Å². The molecule has 140 valence electrons. The van der Waals surface area contributed by atoms with Crippen LogP contribution >= 0.6 is 11.8 Å². The topological polar surface area (TPSA) is 59.8 Å². The summed E-state index contributed by atoms with van der Waals surface area (Å²) in [6.45, 7) is 6.28. The van der Waals surface area contributed by atoms with Crippen molar-refractivity contribution in [1.29, 1.82) is 0 Å². The van der Waals surface area contributed by atoms with Gasteiger partial charge in [0.15, 0.2) is 11.0 Å². The molecular weight excluding hydrogens is 356 g/mol. The Morgan fingerprint density at radius 2 is 1.93 bits per heavy atom. The Morgan fingerprint density at radius 3 is 2.67 bits per heavy atom. The maximum Gasteiger partial charge on any atom is 0.234 e. The summed E-state index contributed by atoms with van der Waals surface area (Å²) in [4.78, 5) is 12.4. The van der Waals surface area contributed by atoms with E-state index in [-0.39, 0.29) is 11.7 Å². The molecule has 0 aliphatic carbocycles. The van der Waals surface area contributed by atoms with Crippen LogP contribution in [-0.4, -0.2) is 26.4 Å². The molecule has 5 nitrogen and oxygen atoms in total. The van der Waals surface area contributed by atoms with E-state index in [1.807, 2.05) is 48.0 Å². The molecule has 1 N–H and O–H groups in total. The second-order valence-electron chi connectivity index (χ2n) is 6.81. The minimum absolute atomic E-state index is 0.0480. The molecule has 0 spiro atoms. The lowest BCUT2D eigenvalue weighted by Crippen LogP contribution is -2.16. The van der Waals surface area contributed by atoms with Gasteiger partial charge in [0, 0.05) is 18.3 Å². The van der Waals surface area contributed by atoms with Crippen LogP contribution in [0.2, 0.25) is 0 Å². The lowest BCUT2D eigenvalue weighted by Gasteiger charge is -2.13. The second kappa shape index (κ2) is 8.39. The fourth-order valence-corrected chi connectivity index (χ4v) is 3.62. The van der Waals surface area contributed by atoms with Crippen LogP contribution in [0.25, 0.3) is 11.4 Å². The highest BCUT2D eigenvalue weighted by atomic mass is 32.2. The normalized spacial score (nSPS) is 11.0. The molecule has 1 heterocycles. The maximum absolute atomic E-state index is 12.4. The van der Waals surface area contributed by atoms with E-state index in [2.05, 4.69) is 48.4 Å². The molecule has 1 aromatic heterocycles. The largest absolute Gasteiger partial charge is 0.325 e. The number of hydrogen-bond donors (Lipinski definition) is 1. The van der Waals surface area contributed by atoms with Gasteiger partial charge in [0.25, 0.3) is 0 Å². The first-order chi connectivity index (χ1) is 13.0. The van der Waals surface area contributed by atoms with Crippen molar-refractivity contribution in [2.45, 2.75) is 31.8 Å². The zero-order valence-corrected chi connectivity index (χ0v) is 16.9. The molecule has 1 amide bonds. The van der Waals surface area contributed by atoms with E-state index in [0.717, 1.165) is 27.8 Å². The predicted octanol–water partition coefficient (Wildman–Crippen LogP) is 4.64. The molecular formula is C21H24N4OS. The smallest absolute Gasteiger partial charge is 0.234 e. The Labute approximate surface area is 164 Å². The van der Waals surface area contributed by atoms with E-state index in [1.165, 1.54) is 17.3 Å². The van der Waals surface area contributed by atoms with E-state index in [1.54, 1.807) is 0 Å². The van der Waals surface area contributed by atoms with Crippen molar-refractivity contribution >= 4 is 23.4 Å². The lowest BCUT2D eigenvalue weighted by molar-refractivity contribution is -0.113. The molecule has 0 aliphatic heterocycles. The third-order valence-electron chi connectivity index (χ3n) is 4.30. The number of carbonyl (C=O) groups is 1. The molecule has 0 bridgehead atoms. The number of nitrogens with zero attached hydrogens (tertiary/aromatic N) is 3. The minimum atomic E-state index is -0.0480. The van der Waals surface area contributed by atoms with E-state index in [4.69, 9.17) is 0 Å². The molecule has 3 aromatic rings. The summed E-state index contributed by atoms with van der Waals surface area (Å²) < 4.78 is 1.93. The first-order valence-electron chi connectivity index (χ1n) is 8.93. The van der Waals surface area contributed by atoms with Gasteiger partial charge in [-0.1, -0.05) is 67.6 Å². The van der Waals surface area contributed by atoms with Crippen LogP contribution in [0.1, 0.15) is 30.9 Å². The van der Waals surface area contributed by atoms with Gasteiger partial charge < -0.3 is 9.88 Å². The van der Waals surface area contributed by atoms with Gasteiger partial charge in [-0.15, -0.1) is 10.2 Å². The Morgan fingerprint density at radius 1 is 1.15 bits per heavy atom. The summed E-state index contributed by atoms with van der Waals surface area (Å²) in [5, 5.41) is 12.3. The molecule has 27 heavy (non-hydrogen) atoms. The SMILES string of the molecule is Cc1cccc(-c2nnc(SCC(=O)Nc3ccccc3C(C)C)n2C)c1. The molecule has 0 unspecified atom stereocenters. The van der Waals surface area contributed by atoms with Gasteiger partial charge in [-0.3, -0.25) is 4.79 Å². The molecule has 0 aliphatic rings. The van der Waals surface area contributed by atoms with Crippen LogP contribution in [0.15, 0.2) is 53.7 Å². The van der Waals surface area contributed by atoms with E-state index in [0.29, 0.717) is 5.92 Å². The van der Waals surface area contributed by atoms with Gasteiger partial charge in [-0.25, -0.2) is 0 Å². The molecule has 3 rings (SSSR count). The van der Waals surface area contributed by atoms with Crippen molar-refractivity contribution in [3.8, 4) is 11.4 Å². The highest BCUT2D eigenvalue weighted by molar-refractivity contribution is 7.99. The molecule has 0 saturated heterocycles. The third-order valence-corrected chi connectivity index (χ3v) is 5.32. The van der Waals surface area contributed by atoms with Gasteiger partial charge in [0.2, 0.25) is 5.91 Å². The number of rotatable bonds is 6. The average molecular weight is 381 g/mol. The van der Waals surface area contributed by atoms with Gasteiger partial charge in [0.1, 0.15) is 0 Å². The number of anilines is 1. The predicted molar refractivity (Wildman–Crippen MR) is 111 cm³/mol. The Bertz CT molecular complexity index is 949. The number of thioether (sulfide) groups is 1. The molecule has 2 aromatic carbocycles. The Kier molecular flexibility index (Phi) is 5.96. The van der Waals surface area contributed by atoms with Crippen molar-refractivity contribution < 1.29 is 4.79 Å². The first-order valence-corrected chi connectivity index (χ1v) is 9.92. The van der Waals surface area contributed by atoms with Crippen molar-refractivity contribution in [3.63, 3.8) is 0 Å². The Balaban J connectivity index is 1.67. The number of benzene rings is 2. The van der Waals surface area contributed by atoms with Crippen LogP contribution in [0, 0.1) is 6.92 Å². The summed E-state index contributed by atoms with van der Waals surface area (Å²) in [5.41, 5.74) is 4.20. The molecule has 6 heteroatoms. The lowest BCUT2D eigenvalue weighted by atomic mass is 10.0. The number of nitrogens with one attached hydrogen (secondary N) is 1. The fraction of sp³-hybridized carbons (Fsp3) is 0.286. The van der Waals surface area contributed by atoms with Crippen molar-refractivity contribution in [1.82, 2.24) is 14.8 Å². The van der Waals surface area contributed by atoms with Crippen LogP contribution in [0.4, 0.5) is 5.69 Å². The van der Waals surface area contributed by atoms with Crippen molar-refractivity contribution in [3.05, 3.63) is 59.7 Å². The number of carbonyl (C=O) groups excluding carboxylic acids is 1. The number of aryl methyl sites for hydroxylation is 1. The second-order valence-corrected chi connectivity index (χ2v) is 7.76. The Hall–Kier alpha value is -2.60. The minimum Gasteiger partial charge on any atom is -0.325 e. The number of aromatic nitrogens is 3. The molecule has 0 atom stereocenters. The standard InChI is InChI=1S/C21H24N4OS/c1-14(2)17-10-5-6-11-18(17)22-19(26)13-27-21-24-23-20(25(21)4)16-9-7-8-15(3)12-16/h5-12,14H,13H2,1-4H3,(H,22,26). The maximum atomic E-state index is 12.4. The highest BCUT2D eigenvalue weighted by Crippen LogP contribution is 2.25. The molecule has 0 saturated carbocycles. The zero-order valence-electron chi connectivity index (χ0n) is 16.1. The fourth-order valence-electron chi connectivity index (χ4n) is 2.91. The summed E-state index contributed by atoms with van der Waals surface area (Å²) in [6, 6.07) is 16.1. The van der Waals surface area contributed by atoms with Crippen molar-refractivity contribution in [2.75, 3.05) is 11.1 Å². The monoisotopic (exact) mass is 380 g/mol. The van der Waals surface area contributed by atoms with Crippen molar-refractivity contribution in [2.24, 2.45) is 7.05 Å². The summed E-state index contributed by atoms with van der Waals surface area (Å²) in [5.74, 6) is 1.39. The highest BCUT2D eigenvalue weighted by Gasteiger charge is 2.14.